The number of amides is 2. The molecule has 2 saturated heterocycles. The Morgan fingerprint density at radius 3 is 2.14 bits per heavy atom. The molecular formula is C21H21F4N3O. The first-order valence-electron chi connectivity index (χ1n) is 9.48. The lowest BCUT2D eigenvalue weighted by molar-refractivity contribution is -0.137. The van der Waals surface area contributed by atoms with Gasteiger partial charge in [0.2, 0.25) is 0 Å². The zero-order valence-corrected chi connectivity index (χ0v) is 15.7. The number of urea groups is 1. The summed E-state index contributed by atoms with van der Waals surface area (Å²) in [6.45, 7) is 3.50. The van der Waals surface area contributed by atoms with Gasteiger partial charge in [0.1, 0.15) is 5.82 Å². The van der Waals surface area contributed by atoms with Crippen molar-refractivity contribution in [2.75, 3.05) is 26.2 Å². The molecule has 2 aliphatic rings. The maximum absolute atomic E-state index is 13.1. The molecule has 2 fully saturated rings. The van der Waals surface area contributed by atoms with Crippen LogP contribution in [0.4, 0.5) is 22.4 Å². The number of piperazine rings is 1. The fourth-order valence-electron chi connectivity index (χ4n) is 3.99. The van der Waals surface area contributed by atoms with Gasteiger partial charge >= 0.3 is 12.2 Å². The number of halogens is 4. The van der Waals surface area contributed by atoms with Crippen molar-refractivity contribution in [1.29, 1.82) is 0 Å². The number of hydrogen-bond acceptors (Lipinski definition) is 2. The van der Waals surface area contributed by atoms with E-state index >= 15 is 0 Å². The lowest BCUT2D eigenvalue weighted by atomic mass is 10.1. The molecule has 0 saturated carbocycles. The second-order valence-corrected chi connectivity index (χ2v) is 7.57. The van der Waals surface area contributed by atoms with E-state index in [0.717, 1.165) is 23.3 Å². The molecule has 0 radical (unpaired) electrons. The van der Waals surface area contributed by atoms with Gasteiger partial charge in [-0.2, -0.15) is 13.2 Å². The molecule has 0 aromatic heterocycles. The van der Waals surface area contributed by atoms with E-state index in [1.807, 2.05) is 4.90 Å². The van der Waals surface area contributed by atoms with Crippen LogP contribution in [0.15, 0.2) is 48.5 Å². The minimum absolute atomic E-state index is 0.0199. The van der Waals surface area contributed by atoms with Crippen LogP contribution in [-0.2, 0) is 19.3 Å². The Kier molecular flexibility index (Phi) is 5.21. The topological polar surface area (TPSA) is 26.8 Å². The molecule has 8 heteroatoms. The molecule has 0 N–H and O–H groups in total. The molecule has 1 atom stereocenters. The summed E-state index contributed by atoms with van der Waals surface area (Å²) in [7, 11) is 0. The Labute approximate surface area is 166 Å². The van der Waals surface area contributed by atoms with Crippen LogP contribution >= 0.6 is 0 Å². The molecule has 0 spiro atoms. The number of alkyl halides is 3. The molecule has 0 unspecified atom stereocenters. The van der Waals surface area contributed by atoms with Gasteiger partial charge in [0.15, 0.2) is 0 Å². The van der Waals surface area contributed by atoms with Gasteiger partial charge in [-0.25, -0.2) is 9.18 Å². The van der Waals surface area contributed by atoms with E-state index in [2.05, 4.69) is 4.90 Å². The normalized spacial score (nSPS) is 20.3. The van der Waals surface area contributed by atoms with Crippen molar-refractivity contribution in [1.82, 2.24) is 14.7 Å². The molecule has 2 aliphatic heterocycles. The largest absolute Gasteiger partial charge is 0.416 e. The van der Waals surface area contributed by atoms with Crippen LogP contribution in [0.25, 0.3) is 0 Å². The molecule has 4 nitrogen and oxygen atoms in total. The number of carbonyl (C=O) groups is 1. The Bertz CT molecular complexity index is 867. The van der Waals surface area contributed by atoms with Crippen molar-refractivity contribution in [2.45, 2.75) is 25.3 Å². The van der Waals surface area contributed by atoms with E-state index in [-0.39, 0.29) is 17.9 Å². The van der Waals surface area contributed by atoms with Gasteiger partial charge in [0.05, 0.1) is 11.6 Å². The molecule has 2 amide bonds. The van der Waals surface area contributed by atoms with Crippen molar-refractivity contribution in [3.8, 4) is 0 Å². The summed E-state index contributed by atoms with van der Waals surface area (Å²) >= 11 is 0. The second-order valence-electron chi connectivity index (χ2n) is 7.57. The summed E-state index contributed by atoms with van der Waals surface area (Å²) in [6.07, 6.45) is -4.33. The quantitative estimate of drug-likeness (QED) is 0.718. The zero-order valence-electron chi connectivity index (χ0n) is 15.7. The molecule has 4 rings (SSSR count). The van der Waals surface area contributed by atoms with Crippen molar-refractivity contribution in [3.63, 3.8) is 0 Å². The Balaban J connectivity index is 1.36. The third kappa shape index (κ3) is 4.37. The molecule has 2 aromatic carbocycles. The summed E-state index contributed by atoms with van der Waals surface area (Å²) in [4.78, 5) is 18.4. The summed E-state index contributed by atoms with van der Waals surface area (Å²) in [5, 5.41) is 0. The van der Waals surface area contributed by atoms with Crippen LogP contribution in [0.3, 0.4) is 0 Å². The van der Waals surface area contributed by atoms with E-state index in [4.69, 9.17) is 0 Å². The summed E-state index contributed by atoms with van der Waals surface area (Å²) < 4.78 is 51.2. The lowest BCUT2D eigenvalue weighted by Crippen LogP contribution is -2.51. The van der Waals surface area contributed by atoms with Gasteiger partial charge in [-0.05, 0) is 35.4 Å². The van der Waals surface area contributed by atoms with Crippen molar-refractivity contribution >= 4 is 6.03 Å². The fraction of sp³-hybridized carbons (Fsp3) is 0.381. The van der Waals surface area contributed by atoms with Crippen molar-refractivity contribution in [2.24, 2.45) is 0 Å². The van der Waals surface area contributed by atoms with E-state index in [0.29, 0.717) is 39.3 Å². The third-order valence-electron chi connectivity index (χ3n) is 5.49. The maximum atomic E-state index is 13.1. The number of benzene rings is 2. The second kappa shape index (κ2) is 7.67. The standard InChI is InChI=1S/C21H21F4N3O/c22-18-7-3-16(4-8-18)12-27-14-19-13-26(9-10-28(19)20(27)29)11-15-1-5-17(6-2-15)21(23,24)25/h1-8,19H,9-14H2/t19-/m1/s1. The molecule has 0 bridgehead atoms. The highest BCUT2D eigenvalue weighted by Crippen LogP contribution is 2.29. The van der Waals surface area contributed by atoms with E-state index in [9.17, 15) is 22.4 Å². The van der Waals surface area contributed by atoms with Crippen molar-refractivity contribution < 1.29 is 22.4 Å². The third-order valence-corrected chi connectivity index (χ3v) is 5.49. The maximum Gasteiger partial charge on any atom is 0.416 e. The molecule has 2 aromatic rings. The predicted octanol–water partition coefficient (Wildman–Crippen LogP) is 3.97. The molecule has 154 valence electrons. The highest BCUT2D eigenvalue weighted by atomic mass is 19.4. The van der Waals surface area contributed by atoms with Crippen LogP contribution in [0.5, 0.6) is 0 Å². The zero-order chi connectivity index (χ0) is 20.6. The molecule has 2 heterocycles. The Morgan fingerprint density at radius 1 is 0.862 bits per heavy atom. The number of rotatable bonds is 4. The highest BCUT2D eigenvalue weighted by molar-refractivity contribution is 5.77. The first kappa shape index (κ1) is 19.7. The van der Waals surface area contributed by atoms with E-state index < -0.39 is 11.7 Å². The van der Waals surface area contributed by atoms with Gasteiger partial charge < -0.3 is 9.80 Å². The number of nitrogens with zero attached hydrogens (tertiary/aromatic N) is 3. The summed E-state index contributed by atoms with van der Waals surface area (Å²) in [5.41, 5.74) is 1.05. The van der Waals surface area contributed by atoms with Gasteiger partial charge in [-0.1, -0.05) is 24.3 Å². The van der Waals surface area contributed by atoms with Crippen LogP contribution in [-0.4, -0.2) is 53.0 Å². The smallest absolute Gasteiger partial charge is 0.318 e. The Hall–Kier alpha value is -2.61. The van der Waals surface area contributed by atoms with Crippen LogP contribution in [0.1, 0.15) is 16.7 Å². The lowest BCUT2D eigenvalue weighted by Gasteiger charge is -2.36. The van der Waals surface area contributed by atoms with Gasteiger partial charge in [-0.15, -0.1) is 0 Å². The van der Waals surface area contributed by atoms with Crippen molar-refractivity contribution in [3.05, 3.63) is 71.0 Å². The first-order valence-corrected chi connectivity index (χ1v) is 9.48. The van der Waals surface area contributed by atoms with E-state index in [1.165, 1.54) is 24.3 Å². The fourth-order valence-corrected chi connectivity index (χ4v) is 3.99. The molecule has 29 heavy (non-hydrogen) atoms. The first-order chi connectivity index (χ1) is 13.8. The van der Waals surface area contributed by atoms with Gasteiger partial charge in [-0.3, -0.25) is 4.90 Å². The number of fused-ring (bicyclic) bond motifs is 1. The summed E-state index contributed by atoms with van der Waals surface area (Å²) in [6, 6.07) is 11.4. The van der Waals surface area contributed by atoms with Gasteiger partial charge in [0, 0.05) is 39.3 Å². The predicted molar refractivity (Wildman–Crippen MR) is 99.4 cm³/mol. The molecule has 0 aliphatic carbocycles. The average molecular weight is 407 g/mol. The monoisotopic (exact) mass is 407 g/mol. The van der Waals surface area contributed by atoms with Crippen LogP contribution < -0.4 is 0 Å². The number of carbonyl (C=O) groups excluding carboxylic acids is 1. The average Bonchev–Trinajstić information content (AvgIpc) is 2.98. The van der Waals surface area contributed by atoms with Crippen LogP contribution in [0, 0.1) is 5.82 Å². The SMILES string of the molecule is O=C1N(Cc2ccc(F)cc2)C[C@H]2CN(Cc3ccc(C(F)(F)F)cc3)CCN12. The summed E-state index contributed by atoms with van der Waals surface area (Å²) in [5.74, 6) is -0.308. The minimum Gasteiger partial charge on any atom is -0.318 e. The van der Waals surface area contributed by atoms with Crippen LogP contribution in [0.2, 0.25) is 0 Å². The number of hydrogen-bond donors (Lipinski definition) is 0. The highest BCUT2D eigenvalue weighted by Gasteiger charge is 2.40. The Morgan fingerprint density at radius 2 is 1.48 bits per heavy atom. The minimum atomic E-state index is -4.33. The van der Waals surface area contributed by atoms with Gasteiger partial charge in [0.25, 0.3) is 0 Å². The van der Waals surface area contributed by atoms with E-state index in [1.54, 1.807) is 17.0 Å². The molecular weight excluding hydrogens is 386 g/mol.